The minimum atomic E-state index is -4.39. The van der Waals surface area contributed by atoms with Crippen molar-refractivity contribution in [2.24, 2.45) is 0 Å². The number of aliphatic carboxylic acids is 1. The molecule has 0 atom stereocenters. The van der Waals surface area contributed by atoms with Crippen molar-refractivity contribution in [1.29, 1.82) is 0 Å². The summed E-state index contributed by atoms with van der Waals surface area (Å²) >= 11 is 1.12. The molecule has 0 fully saturated rings. The van der Waals surface area contributed by atoms with Crippen LogP contribution in [0.25, 0.3) is 11.0 Å². The van der Waals surface area contributed by atoms with Gasteiger partial charge in [-0.1, -0.05) is 0 Å². The molecule has 2 aromatic rings. The number of H-pyrrole nitrogens is 1. The first-order valence-electron chi connectivity index (χ1n) is 5.21. The van der Waals surface area contributed by atoms with E-state index in [1.165, 1.54) is 6.07 Å². The summed E-state index contributed by atoms with van der Waals surface area (Å²) in [6.45, 7) is 0. The molecule has 4 nitrogen and oxygen atoms in total. The van der Waals surface area contributed by atoms with Crippen molar-refractivity contribution in [2.45, 2.75) is 11.9 Å². The molecule has 0 bridgehead atoms. The number of nitrogens with zero attached hydrogens (tertiary/aromatic N) is 1. The van der Waals surface area contributed by atoms with Crippen LogP contribution in [0.5, 0.6) is 0 Å². The van der Waals surface area contributed by atoms with Crippen LogP contribution in [0, 0.1) is 0 Å². The number of hydrogen-bond acceptors (Lipinski definition) is 3. The van der Waals surface area contributed by atoms with Crippen LogP contribution < -0.4 is 0 Å². The van der Waals surface area contributed by atoms with E-state index in [2.05, 4.69) is 9.97 Å². The van der Waals surface area contributed by atoms with Gasteiger partial charge in [-0.2, -0.15) is 13.2 Å². The molecule has 0 aliphatic carbocycles. The topological polar surface area (TPSA) is 66.0 Å². The summed E-state index contributed by atoms with van der Waals surface area (Å²) in [5.41, 5.74) is -0.0203. The molecule has 1 aromatic heterocycles. The number of carbonyl (C=O) groups is 1. The van der Waals surface area contributed by atoms with Gasteiger partial charge in [-0.25, -0.2) is 4.98 Å². The first-order chi connectivity index (χ1) is 8.86. The first kappa shape index (κ1) is 13.7. The summed E-state index contributed by atoms with van der Waals surface area (Å²) in [5, 5.41) is 8.48. The predicted molar refractivity (Wildman–Crippen MR) is 64.9 cm³/mol. The fourth-order valence-electron chi connectivity index (χ4n) is 1.54. The van der Waals surface area contributed by atoms with E-state index >= 15 is 0 Å². The number of aromatic amines is 1. The number of carboxylic acids is 1. The van der Waals surface area contributed by atoms with Crippen LogP contribution in [0.1, 0.15) is 11.4 Å². The van der Waals surface area contributed by atoms with Gasteiger partial charge in [0.25, 0.3) is 0 Å². The van der Waals surface area contributed by atoms with Crippen LogP contribution in [0.3, 0.4) is 0 Å². The maximum absolute atomic E-state index is 12.5. The highest BCUT2D eigenvalue weighted by Crippen LogP contribution is 2.31. The second-order valence-corrected chi connectivity index (χ2v) is 4.79. The number of thioether (sulfide) groups is 1. The summed E-state index contributed by atoms with van der Waals surface area (Å²) in [5.74, 6) is -0.256. The molecule has 2 rings (SSSR count). The number of nitrogens with one attached hydrogen (secondary N) is 1. The Balaban J connectivity index is 2.18. The molecular weight excluding hydrogens is 281 g/mol. The van der Waals surface area contributed by atoms with Crippen molar-refractivity contribution < 1.29 is 23.1 Å². The van der Waals surface area contributed by atoms with E-state index in [1.54, 1.807) is 0 Å². The summed E-state index contributed by atoms with van der Waals surface area (Å²) in [4.78, 5) is 17.2. The molecule has 0 spiro atoms. The standard InChI is InChI=1S/C11H9F3N2O2S/c12-11(13,14)6-1-2-7-8(3-6)16-9(15-7)4-19-5-10(17)18/h1-3H,4-5H2,(H,15,16)(H,17,18). The molecule has 0 unspecified atom stereocenters. The largest absolute Gasteiger partial charge is 0.481 e. The van der Waals surface area contributed by atoms with Gasteiger partial charge >= 0.3 is 12.1 Å². The van der Waals surface area contributed by atoms with E-state index in [9.17, 15) is 18.0 Å². The average molecular weight is 290 g/mol. The lowest BCUT2D eigenvalue weighted by Crippen LogP contribution is -2.04. The maximum Gasteiger partial charge on any atom is 0.416 e. The monoisotopic (exact) mass is 290 g/mol. The summed E-state index contributed by atoms with van der Waals surface area (Å²) in [6.07, 6.45) is -4.39. The Morgan fingerprint density at radius 2 is 2.16 bits per heavy atom. The van der Waals surface area contributed by atoms with Gasteiger partial charge in [0.05, 0.1) is 28.1 Å². The number of halogens is 3. The zero-order chi connectivity index (χ0) is 14.0. The minimum absolute atomic E-state index is 0.0785. The zero-order valence-electron chi connectivity index (χ0n) is 9.49. The first-order valence-corrected chi connectivity index (χ1v) is 6.37. The Bertz CT molecular complexity index is 609. The molecule has 0 aliphatic rings. The van der Waals surface area contributed by atoms with Crippen molar-refractivity contribution in [1.82, 2.24) is 9.97 Å². The van der Waals surface area contributed by atoms with Gasteiger partial charge in [-0.3, -0.25) is 4.79 Å². The molecular formula is C11H9F3N2O2S. The van der Waals surface area contributed by atoms with E-state index < -0.39 is 17.7 Å². The molecule has 1 aromatic carbocycles. The third-order valence-corrected chi connectivity index (χ3v) is 3.25. The van der Waals surface area contributed by atoms with Crippen molar-refractivity contribution in [3.8, 4) is 0 Å². The smallest absolute Gasteiger partial charge is 0.416 e. The number of fused-ring (bicyclic) bond motifs is 1. The second kappa shape index (κ2) is 5.12. The van der Waals surface area contributed by atoms with Gasteiger partial charge in [0, 0.05) is 0 Å². The Hall–Kier alpha value is -1.70. The van der Waals surface area contributed by atoms with Crippen molar-refractivity contribution in [3.63, 3.8) is 0 Å². The lowest BCUT2D eigenvalue weighted by Gasteiger charge is -2.05. The van der Waals surface area contributed by atoms with Crippen molar-refractivity contribution >= 4 is 28.8 Å². The molecule has 0 amide bonds. The van der Waals surface area contributed by atoms with Gasteiger partial charge in [-0.15, -0.1) is 11.8 Å². The zero-order valence-corrected chi connectivity index (χ0v) is 10.3. The van der Waals surface area contributed by atoms with Gasteiger partial charge in [0.1, 0.15) is 5.82 Å². The predicted octanol–water partition coefficient (Wildman–Crippen LogP) is 2.90. The van der Waals surface area contributed by atoms with Crippen molar-refractivity contribution in [3.05, 3.63) is 29.6 Å². The molecule has 0 aliphatic heterocycles. The maximum atomic E-state index is 12.5. The van der Waals surface area contributed by atoms with Crippen LogP contribution in [-0.4, -0.2) is 26.8 Å². The second-order valence-electron chi connectivity index (χ2n) is 3.80. The van der Waals surface area contributed by atoms with Gasteiger partial charge < -0.3 is 10.1 Å². The highest BCUT2D eigenvalue weighted by molar-refractivity contribution is 7.99. The van der Waals surface area contributed by atoms with Crippen LogP contribution >= 0.6 is 11.8 Å². The highest BCUT2D eigenvalue weighted by atomic mass is 32.2. The van der Waals surface area contributed by atoms with Gasteiger partial charge in [-0.05, 0) is 18.2 Å². The van der Waals surface area contributed by atoms with E-state index in [0.29, 0.717) is 22.6 Å². The number of rotatable bonds is 4. The summed E-state index contributed by atoms with van der Waals surface area (Å²) in [6, 6.07) is 3.26. The molecule has 2 N–H and O–H groups in total. The number of aromatic nitrogens is 2. The lowest BCUT2D eigenvalue weighted by molar-refractivity contribution is -0.137. The molecule has 102 valence electrons. The fourth-order valence-corrected chi connectivity index (χ4v) is 2.15. The fraction of sp³-hybridized carbons (Fsp3) is 0.273. The van der Waals surface area contributed by atoms with E-state index in [1.807, 2.05) is 0 Å². The Morgan fingerprint density at radius 3 is 2.79 bits per heavy atom. The number of carboxylic acid groups (broad SMARTS) is 1. The van der Waals surface area contributed by atoms with E-state index in [0.717, 1.165) is 23.9 Å². The average Bonchev–Trinajstić information content (AvgIpc) is 2.68. The summed E-state index contributed by atoms with van der Waals surface area (Å²) in [7, 11) is 0. The molecule has 0 radical (unpaired) electrons. The number of imidazole rings is 1. The Morgan fingerprint density at radius 1 is 1.42 bits per heavy atom. The Labute approximate surface area is 110 Å². The third-order valence-electron chi connectivity index (χ3n) is 2.32. The normalized spacial score (nSPS) is 11.9. The van der Waals surface area contributed by atoms with Crippen LogP contribution in [0.4, 0.5) is 13.2 Å². The van der Waals surface area contributed by atoms with Crippen molar-refractivity contribution in [2.75, 3.05) is 5.75 Å². The SMILES string of the molecule is O=C(O)CSCc1nc2ccc(C(F)(F)F)cc2[nH]1. The lowest BCUT2D eigenvalue weighted by atomic mass is 10.2. The third kappa shape index (κ3) is 3.40. The van der Waals surface area contributed by atoms with Crippen LogP contribution in [0.15, 0.2) is 18.2 Å². The minimum Gasteiger partial charge on any atom is -0.481 e. The quantitative estimate of drug-likeness (QED) is 0.908. The number of alkyl halides is 3. The van der Waals surface area contributed by atoms with Gasteiger partial charge in [0.2, 0.25) is 0 Å². The molecule has 0 saturated heterocycles. The summed E-state index contributed by atoms with van der Waals surface area (Å²) < 4.78 is 37.5. The molecule has 0 saturated carbocycles. The van der Waals surface area contributed by atoms with Crippen LogP contribution in [0.2, 0.25) is 0 Å². The number of hydrogen-bond donors (Lipinski definition) is 2. The molecule has 1 heterocycles. The van der Waals surface area contributed by atoms with Gasteiger partial charge in [0.15, 0.2) is 0 Å². The molecule has 8 heteroatoms. The molecule has 19 heavy (non-hydrogen) atoms. The van der Waals surface area contributed by atoms with Crippen LogP contribution in [-0.2, 0) is 16.7 Å². The number of benzene rings is 1. The highest BCUT2D eigenvalue weighted by Gasteiger charge is 2.30. The van der Waals surface area contributed by atoms with E-state index in [4.69, 9.17) is 5.11 Å². The van der Waals surface area contributed by atoms with E-state index in [-0.39, 0.29) is 5.75 Å². The Kier molecular flexibility index (Phi) is 3.70.